The van der Waals surface area contributed by atoms with Gasteiger partial charge in [0.2, 0.25) is 5.91 Å². The number of hydrogen-bond acceptors (Lipinski definition) is 6. The van der Waals surface area contributed by atoms with Crippen molar-refractivity contribution in [3.63, 3.8) is 0 Å². The summed E-state index contributed by atoms with van der Waals surface area (Å²) in [6, 6.07) is -0.869. The number of nitrogens with zero attached hydrogens (tertiary/aromatic N) is 1. The van der Waals surface area contributed by atoms with Crippen molar-refractivity contribution < 1.29 is 37.3 Å². The maximum atomic E-state index is 13.5. The van der Waals surface area contributed by atoms with E-state index in [4.69, 9.17) is 13.8 Å². The van der Waals surface area contributed by atoms with Crippen LogP contribution in [0.15, 0.2) is 72.9 Å². The molecule has 1 amide bonds. The second kappa shape index (κ2) is 48.1. The number of phosphoric ester groups is 1. The molecule has 0 saturated heterocycles. The molecule has 0 aliphatic heterocycles. The topological polar surface area (TPSA) is 111 Å². The number of phosphoric acid groups is 1. The first kappa shape index (κ1) is 65.5. The zero-order chi connectivity index (χ0) is 50.1. The van der Waals surface area contributed by atoms with Gasteiger partial charge in [0.15, 0.2) is 0 Å². The fourth-order valence-electron chi connectivity index (χ4n) is 7.49. The molecule has 0 heterocycles. The lowest BCUT2D eigenvalue weighted by Gasteiger charge is -2.27. The molecule has 3 atom stereocenters. The molecule has 0 saturated carbocycles. The third kappa shape index (κ3) is 48.5. The van der Waals surface area contributed by atoms with Crippen molar-refractivity contribution >= 4 is 19.7 Å². The number of amides is 1. The fourth-order valence-corrected chi connectivity index (χ4v) is 8.23. The van der Waals surface area contributed by atoms with Crippen LogP contribution in [0.3, 0.4) is 0 Å². The monoisotopic (exact) mass is 974 g/mol. The molecule has 9 nitrogen and oxygen atoms in total. The predicted molar refractivity (Wildman–Crippen MR) is 291 cm³/mol. The Hall–Kier alpha value is -2.55. The highest BCUT2D eigenvalue weighted by Crippen LogP contribution is 2.43. The summed E-state index contributed by atoms with van der Waals surface area (Å²) in [6.45, 7) is 6.89. The van der Waals surface area contributed by atoms with Crippen molar-refractivity contribution in [2.75, 3.05) is 40.9 Å². The minimum Gasteiger partial charge on any atom is -0.456 e. The van der Waals surface area contributed by atoms with E-state index in [1.165, 1.54) is 89.9 Å². The molecule has 0 aromatic heterocycles. The van der Waals surface area contributed by atoms with E-state index in [1.54, 1.807) is 0 Å². The van der Waals surface area contributed by atoms with Crippen LogP contribution in [0.5, 0.6) is 0 Å². The zero-order valence-electron chi connectivity index (χ0n) is 44.8. The maximum absolute atomic E-state index is 13.5. The lowest BCUT2D eigenvalue weighted by Crippen LogP contribution is -2.47. The summed E-state index contributed by atoms with van der Waals surface area (Å²) in [5.41, 5.74) is 0. The molecular formula is C58H106N2O7P+. The van der Waals surface area contributed by atoms with Gasteiger partial charge in [-0.05, 0) is 96.0 Å². The van der Waals surface area contributed by atoms with Crippen LogP contribution in [0, 0.1) is 0 Å². The Labute approximate surface area is 419 Å². The van der Waals surface area contributed by atoms with Crippen molar-refractivity contribution in [2.24, 2.45) is 0 Å². The highest BCUT2D eigenvalue weighted by Gasteiger charge is 2.30. The van der Waals surface area contributed by atoms with E-state index >= 15 is 0 Å². The standard InChI is InChI=1S/C58H105N2O7P/c1-7-10-13-16-19-22-25-27-28-29-30-31-32-33-36-38-41-44-47-50-57(61)59-55(54-66-68(63,64)65-53-52-60(4,5)6)56(49-46-43-40-37-35-26-23-20-17-14-11-8-2)67-58(62)51-48-45-42-39-34-24-21-18-15-12-9-3/h18-19,21-22,27-28,30-31,33,36,46,49,55-56H,7-17,20,23-26,29,32,34-35,37-45,47-48,50-54H2,1-6H3,(H-,59,61,63,64)/p+1/b21-18-,22-19-,28-27-,31-30-,36-33-,49-46-. The second-order valence-corrected chi connectivity index (χ2v) is 21.2. The zero-order valence-corrected chi connectivity index (χ0v) is 45.7. The van der Waals surface area contributed by atoms with E-state index in [1.807, 2.05) is 33.3 Å². The maximum Gasteiger partial charge on any atom is 0.472 e. The first-order valence-electron chi connectivity index (χ1n) is 27.8. The van der Waals surface area contributed by atoms with Gasteiger partial charge in [-0.1, -0.05) is 197 Å². The molecule has 68 heavy (non-hydrogen) atoms. The molecule has 0 bridgehead atoms. The van der Waals surface area contributed by atoms with Crippen molar-refractivity contribution in [3.8, 4) is 0 Å². The average molecular weight is 974 g/mol. The SMILES string of the molecule is CCCC/C=C\CCCCCCCC(=O)OC(/C=C\CCCCCCCCCCCC)C(COP(=O)(O)OCC[N+](C)(C)C)NC(=O)CCCCC/C=C\C/C=C\C/C=C\C/C=C\CCCCC. The minimum atomic E-state index is -4.45. The van der Waals surface area contributed by atoms with E-state index in [0.29, 0.717) is 23.9 Å². The quantitative estimate of drug-likeness (QED) is 0.0205. The molecular weight excluding hydrogens is 868 g/mol. The second-order valence-electron chi connectivity index (χ2n) is 19.7. The lowest BCUT2D eigenvalue weighted by molar-refractivity contribution is -0.870. The van der Waals surface area contributed by atoms with Crippen LogP contribution < -0.4 is 5.32 Å². The normalized spacial score (nSPS) is 14.4. The van der Waals surface area contributed by atoms with E-state index < -0.39 is 20.0 Å². The predicted octanol–water partition coefficient (Wildman–Crippen LogP) is 16.5. The number of hydrogen-bond donors (Lipinski definition) is 2. The molecule has 0 radical (unpaired) electrons. The summed E-state index contributed by atoms with van der Waals surface area (Å²) >= 11 is 0. The van der Waals surface area contributed by atoms with Crippen LogP contribution >= 0.6 is 7.82 Å². The Balaban J connectivity index is 5.41. The number of allylic oxidation sites excluding steroid dienone is 11. The van der Waals surface area contributed by atoms with Crippen LogP contribution in [-0.4, -0.2) is 74.3 Å². The summed E-state index contributed by atoms with van der Waals surface area (Å²) in [6.07, 6.45) is 60.4. The first-order chi connectivity index (χ1) is 32.9. The van der Waals surface area contributed by atoms with Gasteiger partial charge in [-0.3, -0.25) is 18.6 Å². The van der Waals surface area contributed by atoms with Gasteiger partial charge in [-0.15, -0.1) is 0 Å². The molecule has 10 heteroatoms. The molecule has 0 fully saturated rings. The van der Waals surface area contributed by atoms with E-state index in [9.17, 15) is 19.0 Å². The molecule has 0 aromatic rings. The van der Waals surface area contributed by atoms with Crippen molar-refractivity contribution in [1.82, 2.24) is 5.32 Å². The molecule has 2 N–H and O–H groups in total. The third-order valence-corrected chi connectivity index (χ3v) is 12.9. The Morgan fingerprint density at radius 1 is 0.515 bits per heavy atom. The van der Waals surface area contributed by atoms with Crippen LogP contribution in [0.1, 0.15) is 233 Å². The molecule has 0 aliphatic carbocycles. The van der Waals surface area contributed by atoms with E-state index in [-0.39, 0.29) is 31.5 Å². The summed E-state index contributed by atoms with van der Waals surface area (Å²) in [7, 11) is 1.46. The first-order valence-corrected chi connectivity index (χ1v) is 29.3. The number of carbonyl (C=O) groups is 2. The molecule has 0 rings (SSSR count). The Bertz CT molecular complexity index is 1400. The summed E-state index contributed by atoms with van der Waals surface area (Å²) < 4.78 is 30.5. The Morgan fingerprint density at radius 2 is 0.912 bits per heavy atom. The van der Waals surface area contributed by atoms with Crippen LogP contribution in [-0.2, 0) is 27.9 Å². The number of unbranched alkanes of at least 4 members (excludes halogenated alkanes) is 23. The fraction of sp³-hybridized carbons (Fsp3) is 0.759. The average Bonchev–Trinajstić information content (AvgIpc) is 3.29. The number of nitrogens with one attached hydrogen (secondary N) is 1. The highest BCUT2D eigenvalue weighted by atomic mass is 31.2. The number of carbonyl (C=O) groups excluding carboxylic acids is 2. The van der Waals surface area contributed by atoms with E-state index in [0.717, 1.165) is 103 Å². The van der Waals surface area contributed by atoms with Crippen molar-refractivity contribution in [3.05, 3.63) is 72.9 Å². The van der Waals surface area contributed by atoms with Gasteiger partial charge in [0.1, 0.15) is 19.3 Å². The summed E-state index contributed by atoms with van der Waals surface area (Å²) in [5.74, 6) is -0.556. The van der Waals surface area contributed by atoms with Gasteiger partial charge in [-0.25, -0.2) is 4.57 Å². The van der Waals surface area contributed by atoms with E-state index in [2.05, 4.69) is 86.8 Å². The molecule has 0 aromatic carbocycles. The molecule has 0 spiro atoms. The Kier molecular flexibility index (Phi) is 46.3. The summed E-state index contributed by atoms with van der Waals surface area (Å²) in [4.78, 5) is 37.5. The molecule has 3 unspecified atom stereocenters. The molecule has 0 aliphatic rings. The van der Waals surface area contributed by atoms with Crippen LogP contribution in [0.25, 0.3) is 0 Å². The van der Waals surface area contributed by atoms with Crippen LogP contribution in [0.2, 0.25) is 0 Å². The number of likely N-dealkylation sites (N-methyl/N-ethyl adjacent to an activating group) is 1. The number of rotatable bonds is 49. The largest absolute Gasteiger partial charge is 0.472 e. The van der Waals surface area contributed by atoms with Gasteiger partial charge in [0, 0.05) is 12.8 Å². The number of quaternary nitrogens is 1. The minimum absolute atomic E-state index is 0.0300. The summed E-state index contributed by atoms with van der Waals surface area (Å²) in [5, 5.41) is 3.02. The van der Waals surface area contributed by atoms with Gasteiger partial charge in [0.05, 0.1) is 33.8 Å². The van der Waals surface area contributed by atoms with Gasteiger partial charge >= 0.3 is 13.8 Å². The molecule has 394 valence electrons. The number of esters is 1. The third-order valence-electron chi connectivity index (χ3n) is 11.9. The van der Waals surface area contributed by atoms with Gasteiger partial charge in [0.25, 0.3) is 0 Å². The van der Waals surface area contributed by atoms with Gasteiger partial charge in [-0.2, -0.15) is 0 Å². The Morgan fingerprint density at radius 3 is 1.44 bits per heavy atom. The van der Waals surface area contributed by atoms with Crippen molar-refractivity contribution in [1.29, 1.82) is 0 Å². The smallest absolute Gasteiger partial charge is 0.456 e. The van der Waals surface area contributed by atoms with Gasteiger partial charge < -0.3 is 19.4 Å². The van der Waals surface area contributed by atoms with Crippen LogP contribution in [0.4, 0.5) is 0 Å². The highest BCUT2D eigenvalue weighted by molar-refractivity contribution is 7.47. The van der Waals surface area contributed by atoms with Crippen molar-refractivity contribution in [2.45, 2.75) is 245 Å². The number of ether oxygens (including phenoxy) is 1. The lowest BCUT2D eigenvalue weighted by atomic mass is 10.1.